The Labute approximate surface area is 130 Å². The number of halogens is 1. The van der Waals surface area contributed by atoms with Gasteiger partial charge in [0.1, 0.15) is 11.5 Å². The van der Waals surface area contributed by atoms with Crippen LogP contribution in [-0.4, -0.2) is 23.0 Å². The number of phenols is 1. The van der Waals surface area contributed by atoms with Gasteiger partial charge in [-0.05, 0) is 24.3 Å². The van der Waals surface area contributed by atoms with Crippen molar-refractivity contribution >= 4 is 28.9 Å². The van der Waals surface area contributed by atoms with Crippen molar-refractivity contribution in [2.75, 3.05) is 12.4 Å². The number of nitrogens with zero attached hydrogens (tertiary/aromatic N) is 1. The first-order valence-electron chi connectivity index (χ1n) is 6.04. The lowest BCUT2D eigenvalue weighted by Gasteiger charge is -2.10. The number of nitro groups is 1. The molecule has 0 spiro atoms. The summed E-state index contributed by atoms with van der Waals surface area (Å²) in [6, 6.07) is 7.75. The molecule has 22 heavy (non-hydrogen) atoms. The third-order valence-electron chi connectivity index (χ3n) is 2.85. The molecular weight excluding hydrogens is 312 g/mol. The summed E-state index contributed by atoms with van der Waals surface area (Å²) < 4.78 is 5.06. The van der Waals surface area contributed by atoms with Gasteiger partial charge in [0, 0.05) is 17.2 Å². The highest BCUT2D eigenvalue weighted by Gasteiger charge is 2.16. The van der Waals surface area contributed by atoms with Gasteiger partial charge in [0.05, 0.1) is 23.3 Å². The van der Waals surface area contributed by atoms with Gasteiger partial charge in [-0.2, -0.15) is 0 Å². The van der Waals surface area contributed by atoms with Gasteiger partial charge in [-0.1, -0.05) is 11.6 Å². The van der Waals surface area contributed by atoms with Gasteiger partial charge >= 0.3 is 0 Å². The number of hydrogen-bond donors (Lipinski definition) is 2. The summed E-state index contributed by atoms with van der Waals surface area (Å²) in [6.07, 6.45) is 0. The van der Waals surface area contributed by atoms with Crippen molar-refractivity contribution in [1.29, 1.82) is 0 Å². The first-order valence-corrected chi connectivity index (χ1v) is 6.42. The standard InChI is InChI=1S/C14H11ClN2O5/c1-22-13-6-8(15)2-4-10(13)14(19)16-11-7-9(17(20)21)3-5-12(11)18/h2-7,18H,1H3,(H,16,19). The number of carbonyl (C=O) groups is 1. The fraction of sp³-hybridized carbons (Fsp3) is 0.0714. The van der Waals surface area contributed by atoms with E-state index >= 15 is 0 Å². The van der Waals surface area contributed by atoms with Crippen molar-refractivity contribution in [2.24, 2.45) is 0 Å². The molecule has 0 atom stereocenters. The number of hydrogen-bond acceptors (Lipinski definition) is 5. The molecule has 8 heteroatoms. The van der Waals surface area contributed by atoms with Crippen molar-refractivity contribution in [3.63, 3.8) is 0 Å². The SMILES string of the molecule is COc1cc(Cl)ccc1C(=O)Nc1cc([N+](=O)[O-])ccc1O. The molecule has 0 saturated heterocycles. The number of nitrogens with one attached hydrogen (secondary N) is 1. The molecule has 114 valence electrons. The molecule has 2 N–H and O–H groups in total. The van der Waals surface area contributed by atoms with E-state index < -0.39 is 10.8 Å². The normalized spacial score (nSPS) is 10.1. The van der Waals surface area contributed by atoms with Gasteiger partial charge < -0.3 is 15.2 Å². The molecule has 2 rings (SSSR count). The summed E-state index contributed by atoms with van der Waals surface area (Å²) in [4.78, 5) is 22.3. The van der Waals surface area contributed by atoms with Crippen LogP contribution in [0, 0.1) is 10.1 Å². The van der Waals surface area contributed by atoms with Crippen LogP contribution < -0.4 is 10.1 Å². The van der Waals surface area contributed by atoms with Crippen LogP contribution >= 0.6 is 11.6 Å². The van der Waals surface area contributed by atoms with Crippen LogP contribution in [0.1, 0.15) is 10.4 Å². The largest absolute Gasteiger partial charge is 0.506 e. The van der Waals surface area contributed by atoms with Crippen LogP contribution in [0.3, 0.4) is 0 Å². The third-order valence-corrected chi connectivity index (χ3v) is 3.08. The van der Waals surface area contributed by atoms with Gasteiger partial charge in [-0.15, -0.1) is 0 Å². The van der Waals surface area contributed by atoms with Crippen LogP contribution in [0.2, 0.25) is 5.02 Å². The molecule has 0 aliphatic carbocycles. The van der Waals surface area contributed by atoms with E-state index in [1.54, 1.807) is 0 Å². The molecule has 2 aromatic carbocycles. The number of nitro benzene ring substituents is 1. The number of anilines is 1. The van der Waals surface area contributed by atoms with E-state index in [0.29, 0.717) is 5.02 Å². The Balaban J connectivity index is 2.33. The monoisotopic (exact) mass is 322 g/mol. The first kappa shape index (κ1) is 15.6. The second kappa shape index (κ2) is 6.31. The van der Waals surface area contributed by atoms with E-state index in [-0.39, 0.29) is 28.4 Å². The minimum Gasteiger partial charge on any atom is -0.506 e. The van der Waals surface area contributed by atoms with Gasteiger partial charge in [0.25, 0.3) is 11.6 Å². The average Bonchev–Trinajstić information content (AvgIpc) is 2.48. The summed E-state index contributed by atoms with van der Waals surface area (Å²) in [6.45, 7) is 0. The van der Waals surface area contributed by atoms with E-state index in [0.717, 1.165) is 18.2 Å². The molecule has 7 nitrogen and oxygen atoms in total. The fourth-order valence-corrected chi connectivity index (χ4v) is 1.94. The number of amides is 1. The molecule has 0 saturated carbocycles. The minimum absolute atomic E-state index is 0.0730. The van der Waals surface area contributed by atoms with Crippen molar-refractivity contribution in [2.45, 2.75) is 0 Å². The Bertz CT molecular complexity index is 748. The molecule has 0 fully saturated rings. The molecule has 0 unspecified atom stereocenters. The van der Waals surface area contributed by atoms with Gasteiger partial charge in [0.2, 0.25) is 0 Å². The number of methoxy groups -OCH3 is 1. The van der Waals surface area contributed by atoms with E-state index in [9.17, 15) is 20.0 Å². The summed E-state index contributed by atoms with van der Waals surface area (Å²) in [5.74, 6) is -0.633. The van der Waals surface area contributed by atoms with Gasteiger partial charge in [0.15, 0.2) is 0 Å². The van der Waals surface area contributed by atoms with E-state index in [1.807, 2.05) is 0 Å². The zero-order chi connectivity index (χ0) is 16.3. The Morgan fingerprint density at radius 3 is 2.68 bits per heavy atom. The zero-order valence-corrected chi connectivity index (χ0v) is 12.1. The first-order chi connectivity index (χ1) is 10.4. The second-order valence-electron chi connectivity index (χ2n) is 4.26. The Morgan fingerprint density at radius 1 is 1.32 bits per heavy atom. The maximum absolute atomic E-state index is 12.2. The molecule has 0 aliphatic rings. The zero-order valence-electron chi connectivity index (χ0n) is 11.4. The van der Waals surface area contributed by atoms with Crippen molar-refractivity contribution < 1.29 is 19.6 Å². The Morgan fingerprint density at radius 2 is 2.05 bits per heavy atom. The summed E-state index contributed by atoms with van der Waals surface area (Å²) in [5, 5.41) is 23.2. The molecule has 0 radical (unpaired) electrons. The lowest BCUT2D eigenvalue weighted by atomic mass is 10.1. The predicted molar refractivity (Wildman–Crippen MR) is 80.7 cm³/mol. The van der Waals surface area contributed by atoms with E-state index in [4.69, 9.17) is 16.3 Å². The van der Waals surface area contributed by atoms with Crippen molar-refractivity contribution in [3.8, 4) is 11.5 Å². The number of phenolic OH excluding ortho intramolecular Hbond substituents is 1. The Hall–Kier alpha value is -2.80. The molecule has 2 aromatic rings. The molecule has 0 aromatic heterocycles. The highest BCUT2D eigenvalue weighted by molar-refractivity contribution is 6.31. The lowest BCUT2D eigenvalue weighted by molar-refractivity contribution is -0.384. The number of carbonyl (C=O) groups excluding carboxylic acids is 1. The number of rotatable bonds is 4. The van der Waals surface area contributed by atoms with E-state index in [2.05, 4.69) is 5.32 Å². The summed E-state index contributed by atoms with van der Waals surface area (Å²) in [5.41, 5.74) is -0.148. The molecule has 0 aliphatic heterocycles. The van der Waals surface area contributed by atoms with Crippen LogP contribution in [0.25, 0.3) is 0 Å². The highest BCUT2D eigenvalue weighted by Crippen LogP contribution is 2.30. The van der Waals surface area contributed by atoms with E-state index in [1.165, 1.54) is 25.3 Å². The second-order valence-corrected chi connectivity index (χ2v) is 4.69. The number of ether oxygens (including phenoxy) is 1. The van der Waals surface area contributed by atoms with Crippen LogP contribution in [-0.2, 0) is 0 Å². The number of non-ortho nitro benzene ring substituents is 1. The highest BCUT2D eigenvalue weighted by atomic mass is 35.5. The fourth-order valence-electron chi connectivity index (χ4n) is 1.78. The minimum atomic E-state index is -0.627. The quantitative estimate of drug-likeness (QED) is 0.511. The molecule has 0 bridgehead atoms. The third kappa shape index (κ3) is 3.26. The van der Waals surface area contributed by atoms with Gasteiger partial charge in [-0.25, -0.2) is 0 Å². The molecular formula is C14H11ClN2O5. The summed E-state index contributed by atoms with van der Waals surface area (Å²) >= 11 is 5.81. The molecule has 1 amide bonds. The summed E-state index contributed by atoms with van der Waals surface area (Å²) in [7, 11) is 1.38. The predicted octanol–water partition coefficient (Wildman–Crippen LogP) is 3.21. The average molecular weight is 323 g/mol. The smallest absolute Gasteiger partial charge is 0.271 e. The topological polar surface area (TPSA) is 102 Å². The lowest BCUT2D eigenvalue weighted by Crippen LogP contribution is -2.13. The maximum atomic E-state index is 12.2. The van der Waals surface area contributed by atoms with Gasteiger partial charge in [-0.3, -0.25) is 14.9 Å². The van der Waals surface area contributed by atoms with Crippen LogP contribution in [0.4, 0.5) is 11.4 Å². The van der Waals surface area contributed by atoms with Crippen molar-refractivity contribution in [3.05, 3.63) is 57.1 Å². The maximum Gasteiger partial charge on any atom is 0.271 e. The Kier molecular flexibility index (Phi) is 4.47. The van der Waals surface area contributed by atoms with Crippen molar-refractivity contribution in [1.82, 2.24) is 0 Å². The van der Waals surface area contributed by atoms with Crippen LogP contribution in [0.15, 0.2) is 36.4 Å². The number of aromatic hydroxyl groups is 1. The number of benzene rings is 2. The molecule has 0 heterocycles. The van der Waals surface area contributed by atoms with Crippen LogP contribution in [0.5, 0.6) is 11.5 Å².